The van der Waals surface area contributed by atoms with Gasteiger partial charge in [-0.25, -0.2) is 9.18 Å². The summed E-state index contributed by atoms with van der Waals surface area (Å²) < 4.78 is 15.4. The van der Waals surface area contributed by atoms with Gasteiger partial charge in [0.2, 0.25) is 0 Å². The Morgan fingerprint density at radius 2 is 2.05 bits per heavy atom. The van der Waals surface area contributed by atoms with Crippen LogP contribution in [-0.4, -0.2) is 20.9 Å². The van der Waals surface area contributed by atoms with Crippen LogP contribution in [0.25, 0.3) is 0 Å². The number of halogens is 1. The molecule has 1 aromatic carbocycles. The van der Waals surface area contributed by atoms with Crippen LogP contribution in [0.4, 0.5) is 4.39 Å². The van der Waals surface area contributed by atoms with Crippen molar-refractivity contribution >= 4 is 5.97 Å². The quantitative estimate of drug-likeness (QED) is 0.925. The average Bonchev–Trinajstić information content (AvgIpc) is 2.59. The topological polar surface area (TPSA) is 55.1 Å². The molecule has 1 N–H and O–H groups in total. The molecule has 0 saturated carbocycles. The number of carboxylic acids is 1. The van der Waals surface area contributed by atoms with Gasteiger partial charge in [-0.3, -0.25) is 4.68 Å². The summed E-state index contributed by atoms with van der Waals surface area (Å²) in [7, 11) is 0. The zero-order valence-corrected chi connectivity index (χ0v) is 11.1. The maximum atomic E-state index is 13.7. The van der Waals surface area contributed by atoms with Crippen molar-refractivity contribution in [2.24, 2.45) is 0 Å². The van der Waals surface area contributed by atoms with Gasteiger partial charge >= 0.3 is 5.97 Å². The molecule has 0 saturated heterocycles. The number of hydrogen-bond donors (Lipinski definition) is 1. The summed E-state index contributed by atoms with van der Waals surface area (Å²) >= 11 is 0. The van der Waals surface area contributed by atoms with Crippen LogP contribution in [0.5, 0.6) is 0 Å². The molecule has 100 valence electrons. The number of rotatable bonds is 3. The largest absolute Gasteiger partial charge is 0.478 e. The fraction of sp³-hybridized carbons (Fsp3) is 0.286. The first-order valence-electron chi connectivity index (χ1n) is 5.92. The molecule has 1 aromatic heterocycles. The number of aryl methyl sites for hydroxylation is 1. The molecule has 19 heavy (non-hydrogen) atoms. The normalized spacial score (nSPS) is 10.7. The molecule has 4 nitrogen and oxygen atoms in total. The molecule has 5 heteroatoms. The van der Waals surface area contributed by atoms with Gasteiger partial charge in [0.25, 0.3) is 0 Å². The van der Waals surface area contributed by atoms with Gasteiger partial charge in [-0.05, 0) is 44.5 Å². The third-order valence-corrected chi connectivity index (χ3v) is 3.36. The Morgan fingerprint density at radius 3 is 2.58 bits per heavy atom. The number of aromatic carboxylic acids is 1. The first-order chi connectivity index (χ1) is 8.90. The maximum Gasteiger partial charge on any atom is 0.335 e. The Bertz CT molecular complexity index is 647. The van der Waals surface area contributed by atoms with E-state index in [1.807, 2.05) is 20.8 Å². The Labute approximate surface area is 110 Å². The lowest BCUT2D eigenvalue weighted by Gasteiger charge is -2.07. The molecule has 2 rings (SSSR count). The molecule has 0 aliphatic carbocycles. The first kappa shape index (κ1) is 13.3. The van der Waals surface area contributed by atoms with Gasteiger partial charge in [0.05, 0.1) is 17.8 Å². The van der Waals surface area contributed by atoms with Crippen LogP contribution in [0.15, 0.2) is 18.2 Å². The maximum absolute atomic E-state index is 13.7. The molecule has 0 amide bonds. The van der Waals surface area contributed by atoms with Gasteiger partial charge in [-0.1, -0.05) is 0 Å². The third-order valence-electron chi connectivity index (χ3n) is 3.36. The molecular formula is C14H15FN2O2. The van der Waals surface area contributed by atoms with Crippen molar-refractivity contribution in [3.8, 4) is 0 Å². The summed E-state index contributed by atoms with van der Waals surface area (Å²) in [6, 6.07) is 3.79. The second-order valence-corrected chi connectivity index (χ2v) is 4.56. The zero-order chi connectivity index (χ0) is 14.2. The van der Waals surface area contributed by atoms with E-state index in [-0.39, 0.29) is 12.1 Å². The van der Waals surface area contributed by atoms with Gasteiger partial charge < -0.3 is 5.11 Å². The lowest BCUT2D eigenvalue weighted by molar-refractivity contribution is 0.0696. The second kappa shape index (κ2) is 4.84. The number of hydrogen-bond acceptors (Lipinski definition) is 2. The minimum atomic E-state index is -1.06. The van der Waals surface area contributed by atoms with Crippen molar-refractivity contribution in [2.45, 2.75) is 27.3 Å². The lowest BCUT2D eigenvalue weighted by atomic mass is 10.1. The van der Waals surface area contributed by atoms with Gasteiger partial charge in [0.1, 0.15) is 5.82 Å². The molecule has 0 bridgehead atoms. The Balaban J connectivity index is 2.40. The standard InChI is InChI=1S/C14H15FN2O2/c1-8-9(2)16-17(10(8)3)7-12-6-11(14(18)19)4-5-13(12)15/h4-6H,7H2,1-3H3,(H,18,19). The highest BCUT2D eigenvalue weighted by molar-refractivity contribution is 5.87. The molecule has 0 fully saturated rings. The summed E-state index contributed by atoms with van der Waals surface area (Å²) in [5, 5.41) is 13.2. The predicted octanol–water partition coefficient (Wildman–Crippen LogP) is 2.69. The first-order valence-corrected chi connectivity index (χ1v) is 5.92. The van der Waals surface area contributed by atoms with Crippen LogP contribution in [0.1, 0.15) is 32.9 Å². The molecule has 0 unspecified atom stereocenters. The van der Waals surface area contributed by atoms with E-state index in [1.165, 1.54) is 18.2 Å². The van der Waals surface area contributed by atoms with E-state index < -0.39 is 11.8 Å². The minimum Gasteiger partial charge on any atom is -0.478 e. The second-order valence-electron chi connectivity index (χ2n) is 4.56. The van der Waals surface area contributed by atoms with Crippen molar-refractivity contribution < 1.29 is 14.3 Å². The minimum absolute atomic E-state index is 0.0784. The highest BCUT2D eigenvalue weighted by Crippen LogP contribution is 2.16. The molecule has 2 aromatic rings. The lowest BCUT2D eigenvalue weighted by Crippen LogP contribution is -2.07. The highest BCUT2D eigenvalue weighted by Gasteiger charge is 2.12. The van der Waals surface area contributed by atoms with E-state index in [0.29, 0.717) is 5.56 Å². The van der Waals surface area contributed by atoms with E-state index in [1.54, 1.807) is 4.68 Å². The van der Waals surface area contributed by atoms with Crippen LogP contribution in [0.3, 0.4) is 0 Å². The third kappa shape index (κ3) is 2.50. The average molecular weight is 262 g/mol. The van der Waals surface area contributed by atoms with Crippen LogP contribution >= 0.6 is 0 Å². The van der Waals surface area contributed by atoms with E-state index in [2.05, 4.69) is 5.10 Å². The monoisotopic (exact) mass is 262 g/mol. The van der Waals surface area contributed by atoms with Gasteiger partial charge in [0.15, 0.2) is 0 Å². The van der Waals surface area contributed by atoms with Crippen molar-refractivity contribution in [1.82, 2.24) is 9.78 Å². The fourth-order valence-electron chi connectivity index (χ4n) is 1.93. The Kier molecular flexibility index (Phi) is 3.38. The summed E-state index contributed by atoms with van der Waals surface area (Å²) in [4.78, 5) is 10.9. The smallest absolute Gasteiger partial charge is 0.335 e. The number of carbonyl (C=O) groups is 1. The summed E-state index contributed by atoms with van der Waals surface area (Å²) in [5.41, 5.74) is 3.32. The molecule has 0 aliphatic rings. The van der Waals surface area contributed by atoms with Crippen LogP contribution in [0, 0.1) is 26.6 Å². The predicted molar refractivity (Wildman–Crippen MR) is 68.9 cm³/mol. The SMILES string of the molecule is Cc1nn(Cc2cc(C(=O)O)ccc2F)c(C)c1C. The highest BCUT2D eigenvalue weighted by atomic mass is 19.1. The van der Waals surface area contributed by atoms with Crippen molar-refractivity contribution in [2.75, 3.05) is 0 Å². The summed E-state index contributed by atoms with van der Waals surface area (Å²) in [6.07, 6.45) is 0. The number of carboxylic acid groups (broad SMARTS) is 1. The van der Waals surface area contributed by atoms with Crippen molar-refractivity contribution in [3.63, 3.8) is 0 Å². The molecule has 0 aliphatic heterocycles. The molecule has 0 spiro atoms. The van der Waals surface area contributed by atoms with Crippen molar-refractivity contribution in [1.29, 1.82) is 0 Å². The zero-order valence-electron chi connectivity index (χ0n) is 11.1. The van der Waals surface area contributed by atoms with E-state index in [4.69, 9.17) is 5.11 Å². The van der Waals surface area contributed by atoms with E-state index >= 15 is 0 Å². The number of nitrogens with zero attached hydrogens (tertiary/aromatic N) is 2. The molecule has 0 radical (unpaired) electrons. The van der Waals surface area contributed by atoms with Crippen LogP contribution < -0.4 is 0 Å². The summed E-state index contributed by atoms with van der Waals surface area (Å²) in [5.74, 6) is -1.49. The van der Waals surface area contributed by atoms with Crippen molar-refractivity contribution in [3.05, 3.63) is 52.1 Å². The molecule has 1 heterocycles. The Morgan fingerprint density at radius 1 is 1.37 bits per heavy atom. The summed E-state index contributed by atoms with van der Waals surface area (Å²) in [6.45, 7) is 5.99. The van der Waals surface area contributed by atoms with Gasteiger partial charge in [0, 0.05) is 11.3 Å². The van der Waals surface area contributed by atoms with Gasteiger partial charge in [-0.2, -0.15) is 5.10 Å². The number of benzene rings is 1. The van der Waals surface area contributed by atoms with Gasteiger partial charge in [-0.15, -0.1) is 0 Å². The fourth-order valence-corrected chi connectivity index (χ4v) is 1.93. The van der Waals surface area contributed by atoms with Crippen LogP contribution in [0.2, 0.25) is 0 Å². The number of aromatic nitrogens is 2. The van der Waals surface area contributed by atoms with Crippen LogP contribution in [-0.2, 0) is 6.54 Å². The molecule has 0 atom stereocenters. The van der Waals surface area contributed by atoms with E-state index in [0.717, 1.165) is 17.0 Å². The molecular weight excluding hydrogens is 247 g/mol. The Hall–Kier alpha value is -2.17. The van der Waals surface area contributed by atoms with E-state index in [9.17, 15) is 9.18 Å².